The summed E-state index contributed by atoms with van der Waals surface area (Å²) in [5.74, 6) is 0. The maximum Gasteiger partial charge on any atom is 0.416 e. The lowest BCUT2D eigenvalue weighted by atomic mass is 10.1. The summed E-state index contributed by atoms with van der Waals surface area (Å²) in [6.45, 7) is 1.55. The molecular formula is C14H17F3O2S. The van der Waals surface area contributed by atoms with E-state index in [1.54, 1.807) is 6.92 Å². The largest absolute Gasteiger partial charge is 0.416 e. The van der Waals surface area contributed by atoms with Gasteiger partial charge in [0.1, 0.15) is 0 Å². The Labute approximate surface area is 116 Å². The van der Waals surface area contributed by atoms with Crippen LogP contribution in [-0.2, 0) is 16.0 Å². The average Bonchev–Trinajstić information content (AvgIpc) is 2.91. The maximum absolute atomic E-state index is 12.5. The lowest BCUT2D eigenvalue weighted by Crippen LogP contribution is -2.23. The molecular weight excluding hydrogens is 289 g/mol. The molecule has 0 amide bonds. The summed E-state index contributed by atoms with van der Waals surface area (Å²) in [6.07, 6.45) is -1.26. The summed E-state index contributed by atoms with van der Waals surface area (Å²) >= 11 is 0. The van der Waals surface area contributed by atoms with E-state index < -0.39 is 26.8 Å². The Morgan fingerprint density at radius 3 is 2.05 bits per heavy atom. The molecule has 6 heteroatoms. The van der Waals surface area contributed by atoms with Gasteiger partial charge in [-0.15, -0.1) is 0 Å². The minimum absolute atomic E-state index is 0.347. The number of sulfone groups is 1. The second kappa shape index (κ2) is 5.39. The number of alkyl halides is 3. The molecule has 20 heavy (non-hydrogen) atoms. The second-order valence-corrected chi connectivity index (χ2v) is 7.81. The Balaban J connectivity index is 2.23. The molecule has 0 N–H and O–H groups in total. The zero-order valence-electron chi connectivity index (χ0n) is 11.2. The highest BCUT2D eigenvalue weighted by Gasteiger charge is 2.35. The lowest BCUT2D eigenvalue weighted by Gasteiger charge is -2.18. The van der Waals surface area contributed by atoms with Crippen LogP contribution in [0.2, 0.25) is 0 Å². The van der Waals surface area contributed by atoms with E-state index in [1.807, 2.05) is 0 Å². The van der Waals surface area contributed by atoms with Gasteiger partial charge in [-0.05, 0) is 37.5 Å². The molecule has 1 aliphatic carbocycles. The van der Waals surface area contributed by atoms with Crippen LogP contribution in [0.1, 0.15) is 49.0 Å². The molecule has 0 bridgehead atoms. The summed E-state index contributed by atoms with van der Waals surface area (Å²) < 4.78 is 62.2. The van der Waals surface area contributed by atoms with Crippen molar-refractivity contribution in [1.82, 2.24) is 0 Å². The topological polar surface area (TPSA) is 34.1 Å². The fourth-order valence-corrected chi connectivity index (χ4v) is 4.74. The molecule has 112 valence electrons. The molecule has 0 heterocycles. The van der Waals surface area contributed by atoms with Gasteiger partial charge in [-0.3, -0.25) is 0 Å². The van der Waals surface area contributed by atoms with Crippen molar-refractivity contribution in [2.24, 2.45) is 0 Å². The van der Waals surface area contributed by atoms with Gasteiger partial charge >= 0.3 is 6.18 Å². The van der Waals surface area contributed by atoms with Crippen molar-refractivity contribution in [3.63, 3.8) is 0 Å². The van der Waals surface area contributed by atoms with Gasteiger partial charge in [0, 0.05) is 0 Å². The molecule has 2 nitrogen and oxygen atoms in total. The van der Waals surface area contributed by atoms with Gasteiger partial charge in [-0.25, -0.2) is 8.42 Å². The number of halogens is 3. The normalized spacial score (nSPS) is 19.2. The molecule has 0 aromatic heterocycles. The first-order chi connectivity index (χ1) is 9.23. The van der Waals surface area contributed by atoms with Crippen LogP contribution in [0, 0.1) is 0 Å². The zero-order valence-corrected chi connectivity index (χ0v) is 12.0. The summed E-state index contributed by atoms with van der Waals surface area (Å²) in [4.78, 5) is 0. The third-order valence-corrected chi connectivity index (χ3v) is 6.63. The van der Waals surface area contributed by atoms with Crippen LogP contribution >= 0.6 is 0 Å². The summed E-state index contributed by atoms with van der Waals surface area (Å²) in [5, 5.41) is -1.10. The maximum atomic E-state index is 12.5. The number of benzene rings is 1. The van der Waals surface area contributed by atoms with Gasteiger partial charge < -0.3 is 0 Å². The first-order valence-electron chi connectivity index (χ1n) is 6.63. The van der Waals surface area contributed by atoms with Crippen LogP contribution in [0.4, 0.5) is 13.2 Å². The predicted octanol–water partition coefficient (Wildman–Crippen LogP) is 4.12. The van der Waals surface area contributed by atoms with Crippen molar-refractivity contribution in [1.29, 1.82) is 0 Å². The molecule has 1 saturated carbocycles. The van der Waals surface area contributed by atoms with E-state index in [9.17, 15) is 21.6 Å². The Bertz CT molecular complexity index is 555. The average molecular weight is 306 g/mol. The fourth-order valence-electron chi connectivity index (χ4n) is 2.64. The minimum Gasteiger partial charge on any atom is -0.228 e. The van der Waals surface area contributed by atoms with Crippen LogP contribution in [0.5, 0.6) is 0 Å². The van der Waals surface area contributed by atoms with Crippen molar-refractivity contribution < 1.29 is 21.6 Å². The highest BCUT2D eigenvalue weighted by Crippen LogP contribution is 2.35. The van der Waals surface area contributed by atoms with Crippen molar-refractivity contribution in [2.45, 2.75) is 49.3 Å². The number of hydrogen-bond donors (Lipinski definition) is 0. The van der Waals surface area contributed by atoms with Gasteiger partial charge in [-0.2, -0.15) is 13.2 Å². The predicted molar refractivity (Wildman–Crippen MR) is 71.0 cm³/mol. The highest BCUT2D eigenvalue weighted by atomic mass is 32.2. The van der Waals surface area contributed by atoms with Crippen LogP contribution in [0.15, 0.2) is 24.3 Å². The van der Waals surface area contributed by atoms with E-state index in [0.717, 1.165) is 25.0 Å². The summed E-state index contributed by atoms with van der Waals surface area (Å²) in [6, 6.07) is 4.41. The van der Waals surface area contributed by atoms with Crippen molar-refractivity contribution in [3.05, 3.63) is 35.4 Å². The third kappa shape index (κ3) is 3.00. The minimum atomic E-state index is -4.40. The third-order valence-electron chi connectivity index (χ3n) is 3.97. The Morgan fingerprint density at radius 1 is 1.10 bits per heavy atom. The summed E-state index contributed by atoms with van der Waals surface area (Å²) in [5.41, 5.74) is -0.336. The molecule has 0 unspecified atom stereocenters. The van der Waals surface area contributed by atoms with E-state index in [1.165, 1.54) is 12.1 Å². The summed E-state index contributed by atoms with van der Waals surface area (Å²) in [7, 11) is -3.32. The van der Waals surface area contributed by atoms with Gasteiger partial charge in [0.2, 0.25) is 0 Å². The highest BCUT2D eigenvalue weighted by molar-refractivity contribution is 7.92. The van der Waals surface area contributed by atoms with Gasteiger partial charge in [-0.1, -0.05) is 25.0 Å². The van der Waals surface area contributed by atoms with E-state index in [0.29, 0.717) is 18.4 Å². The lowest BCUT2D eigenvalue weighted by molar-refractivity contribution is -0.137. The monoisotopic (exact) mass is 306 g/mol. The fraction of sp³-hybridized carbons (Fsp3) is 0.571. The van der Waals surface area contributed by atoms with Gasteiger partial charge in [0.05, 0.1) is 16.1 Å². The standard InChI is InChI=1S/C14H17F3O2S/c1-10(20(18,19)13-4-2-3-5-13)11-6-8-12(9-7-11)14(15,16)17/h6-10,13H,2-5H2,1H3/t10-/m1/s1. The number of rotatable bonds is 3. The molecule has 1 atom stereocenters. The van der Waals surface area contributed by atoms with Gasteiger partial charge in [0.15, 0.2) is 9.84 Å². The molecule has 1 aromatic carbocycles. The zero-order chi connectivity index (χ0) is 15.0. The SMILES string of the molecule is C[C@H](c1ccc(C(F)(F)F)cc1)S(=O)(=O)C1CCCC1. The molecule has 0 aliphatic heterocycles. The molecule has 1 fully saturated rings. The molecule has 2 rings (SSSR count). The quantitative estimate of drug-likeness (QED) is 0.841. The van der Waals surface area contributed by atoms with E-state index in [-0.39, 0.29) is 5.25 Å². The smallest absolute Gasteiger partial charge is 0.228 e. The van der Waals surface area contributed by atoms with Crippen LogP contribution in [0.3, 0.4) is 0 Å². The molecule has 0 saturated heterocycles. The number of hydrogen-bond acceptors (Lipinski definition) is 2. The van der Waals surface area contributed by atoms with E-state index >= 15 is 0 Å². The van der Waals surface area contributed by atoms with E-state index in [4.69, 9.17) is 0 Å². The Hall–Kier alpha value is -1.04. The second-order valence-electron chi connectivity index (χ2n) is 5.26. The molecule has 0 radical (unpaired) electrons. The Kier molecular flexibility index (Phi) is 4.14. The van der Waals surface area contributed by atoms with Crippen molar-refractivity contribution in [2.75, 3.05) is 0 Å². The first-order valence-corrected chi connectivity index (χ1v) is 8.24. The van der Waals surface area contributed by atoms with Crippen molar-refractivity contribution in [3.8, 4) is 0 Å². The van der Waals surface area contributed by atoms with Crippen LogP contribution in [-0.4, -0.2) is 13.7 Å². The first kappa shape index (κ1) is 15.4. The van der Waals surface area contributed by atoms with Crippen molar-refractivity contribution >= 4 is 9.84 Å². The molecule has 0 spiro atoms. The Morgan fingerprint density at radius 2 is 1.60 bits per heavy atom. The molecule has 1 aliphatic rings. The van der Waals surface area contributed by atoms with Crippen LogP contribution in [0.25, 0.3) is 0 Å². The molecule has 1 aromatic rings. The van der Waals surface area contributed by atoms with E-state index in [2.05, 4.69) is 0 Å². The van der Waals surface area contributed by atoms with Gasteiger partial charge in [0.25, 0.3) is 0 Å². The van der Waals surface area contributed by atoms with Crippen LogP contribution < -0.4 is 0 Å².